The molecule has 3 N–H and O–H groups in total. The van der Waals surface area contributed by atoms with Crippen LogP contribution in [0.2, 0.25) is 0 Å². The second kappa shape index (κ2) is 11.0. The van der Waals surface area contributed by atoms with E-state index in [2.05, 4.69) is 31.1 Å². The summed E-state index contributed by atoms with van der Waals surface area (Å²) in [4.78, 5) is 15.4. The van der Waals surface area contributed by atoms with Crippen LogP contribution in [0.1, 0.15) is 37.7 Å². The largest absolute Gasteiger partial charge is 0.467 e. The average molecular weight is 543 g/mol. The van der Waals surface area contributed by atoms with Crippen molar-refractivity contribution in [1.29, 1.82) is 0 Å². The topological polar surface area (TPSA) is 89.2 Å². The summed E-state index contributed by atoms with van der Waals surface area (Å²) in [6.45, 7) is 1.86. The molecule has 2 aromatic carbocycles. The number of hydrogen-bond acceptors (Lipinski definition) is 7. The molecule has 4 aromatic rings. The number of benzene rings is 2. The molecule has 0 bridgehead atoms. The first-order chi connectivity index (χ1) is 19.4. The molecule has 40 heavy (non-hydrogen) atoms. The van der Waals surface area contributed by atoms with Crippen molar-refractivity contribution in [3.8, 4) is 29.6 Å². The van der Waals surface area contributed by atoms with Crippen LogP contribution in [0, 0.1) is 18.2 Å². The fourth-order valence-corrected chi connectivity index (χ4v) is 6.08. The highest BCUT2D eigenvalue weighted by Crippen LogP contribution is 2.36. The molecule has 0 spiro atoms. The van der Waals surface area contributed by atoms with Gasteiger partial charge < -0.3 is 15.8 Å². The second-order valence-electron chi connectivity index (χ2n) is 10.8. The van der Waals surface area contributed by atoms with E-state index in [0.29, 0.717) is 34.9 Å². The summed E-state index contributed by atoms with van der Waals surface area (Å²) in [6.07, 6.45) is 11.8. The Bertz CT molecular complexity index is 1580. The predicted octanol–water partition coefficient (Wildman–Crippen LogP) is 5.07. The number of ether oxygens (including phenoxy) is 1. The van der Waals surface area contributed by atoms with Gasteiger partial charge in [0, 0.05) is 47.4 Å². The number of nitrogens with one attached hydrogen (secondary N) is 1. The van der Waals surface area contributed by atoms with Crippen molar-refractivity contribution in [1.82, 2.24) is 19.9 Å². The smallest absolute Gasteiger partial charge is 0.318 e. The molecule has 4 heterocycles. The monoisotopic (exact) mass is 542 g/mol. The van der Waals surface area contributed by atoms with E-state index in [1.54, 1.807) is 6.20 Å². The minimum absolute atomic E-state index is 0.0805. The molecule has 0 amide bonds. The Hall–Kier alpha value is -3.87. The molecule has 0 radical (unpaired) electrons. The lowest BCUT2D eigenvalue weighted by molar-refractivity contribution is 0.292. The third-order valence-corrected chi connectivity index (χ3v) is 8.14. The molecule has 7 rings (SSSR count). The maximum atomic E-state index is 15.8. The van der Waals surface area contributed by atoms with Crippen molar-refractivity contribution >= 4 is 27.5 Å². The van der Waals surface area contributed by atoms with Crippen LogP contribution in [0.4, 0.5) is 14.6 Å². The van der Waals surface area contributed by atoms with Gasteiger partial charge in [-0.25, -0.2) is 8.78 Å². The summed E-state index contributed by atoms with van der Waals surface area (Å²) in [5.41, 5.74) is 7.49. The highest BCUT2D eigenvalue weighted by atomic mass is 19.1. The molecule has 2 atom stereocenters. The maximum absolute atomic E-state index is 15.8. The van der Waals surface area contributed by atoms with Crippen LogP contribution in [0.3, 0.4) is 0 Å². The van der Waals surface area contributed by atoms with Crippen molar-refractivity contribution in [2.75, 3.05) is 25.5 Å². The number of nitrogens with zero attached hydrogens (tertiary/aromatic N) is 4. The van der Waals surface area contributed by atoms with Gasteiger partial charge in [-0.15, -0.1) is 6.42 Å². The summed E-state index contributed by atoms with van der Waals surface area (Å²) >= 11 is 0. The Morgan fingerprint density at radius 2 is 1.95 bits per heavy atom. The zero-order valence-corrected chi connectivity index (χ0v) is 22.4. The number of nitrogens with two attached hydrogens (primary N) is 1. The van der Waals surface area contributed by atoms with E-state index in [-0.39, 0.29) is 29.3 Å². The van der Waals surface area contributed by atoms with Crippen molar-refractivity contribution in [3.63, 3.8) is 0 Å². The molecule has 9 heteroatoms. The third-order valence-electron chi connectivity index (χ3n) is 8.14. The Kier molecular flexibility index (Phi) is 7.22. The maximum Gasteiger partial charge on any atom is 0.318 e. The molecule has 2 aliphatic heterocycles. The van der Waals surface area contributed by atoms with E-state index in [4.69, 9.17) is 16.9 Å². The lowest BCUT2D eigenvalue weighted by atomic mass is 9.87. The number of aromatic nitrogens is 3. The minimum Gasteiger partial charge on any atom is -0.467 e. The molecule has 2 unspecified atom stereocenters. The van der Waals surface area contributed by atoms with Gasteiger partial charge in [-0.2, -0.15) is 9.97 Å². The van der Waals surface area contributed by atoms with Gasteiger partial charge in [-0.3, -0.25) is 9.88 Å². The molecule has 3 aliphatic rings. The van der Waals surface area contributed by atoms with E-state index in [9.17, 15) is 4.39 Å². The Morgan fingerprint density at radius 1 is 1.15 bits per heavy atom. The van der Waals surface area contributed by atoms with E-state index >= 15 is 4.39 Å². The molecule has 1 saturated carbocycles. The normalized spacial score (nSPS) is 23.7. The lowest BCUT2D eigenvalue weighted by Crippen LogP contribution is -2.44. The van der Waals surface area contributed by atoms with Gasteiger partial charge in [-0.05, 0) is 50.1 Å². The number of anilines is 1. The SMILES string of the molecule is C#Cc1cccc2cccc(-c3ncc4c(NC5CC(N)C5)nc(OC)nc4c3F)c12.FC1CC2CCCN2C1. The highest BCUT2D eigenvalue weighted by Gasteiger charge is 2.34. The fourth-order valence-electron chi connectivity index (χ4n) is 6.08. The zero-order chi connectivity index (χ0) is 27.8. The van der Waals surface area contributed by atoms with Gasteiger partial charge >= 0.3 is 6.01 Å². The number of pyridine rings is 1. The number of rotatable bonds is 4. The first-order valence-electron chi connectivity index (χ1n) is 13.7. The lowest BCUT2D eigenvalue weighted by Gasteiger charge is -2.33. The molecule has 2 saturated heterocycles. The van der Waals surface area contributed by atoms with Crippen LogP contribution in [-0.4, -0.2) is 64.3 Å². The quantitative estimate of drug-likeness (QED) is 0.348. The number of alkyl halides is 1. The summed E-state index contributed by atoms with van der Waals surface area (Å²) in [6, 6.07) is 12.3. The number of methoxy groups -OCH3 is 1. The first-order valence-corrected chi connectivity index (χ1v) is 13.7. The van der Waals surface area contributed by atoms with Crippen LogP contribution in [0.25, 0.3) is 32.9 Å². The molecule has 1 aliphatic carbocycles. The third kappa shape index (κ3) is 4.93. The summed E-state index contributed by atoms with van der Waals surface area (Å²) in [7, 11) is 1.45. The molecular formula is C31H32F2N6O. The molecule has 206 valence electrons. The van der Waals surface area contributed by atoms with E-state index in [0.717, 1.165) is 36.6 Å². The van der Waals surface area contributed by atoms with Crippen LogP contribution < -0.4 is 15.8 Å². The Balaban J connectivity index is 0.000000271. The summed E-state index contributed by atoms with van der Waals surface area (Å²) in [5, 5.41) is 5.50. The highest BCUT2D eigenvalue weighted by molar-refractivity contribution is 6.01. The molecule has 2 aromatic heterocycles. The molecule has 3 fully saturated rings. The van der Waals surface area contributed by atoms with Gasteiger partial charge in [-0.1, -0.05) is 36.3 Å². The number of fused-ring (bicyclic) bond motifs is 3. The van der Waals surface area contributed by atoms with Crippen molar-refractivity contribution in [2.24, 2.45) is 5.73 Å². The van der Waals surface area contributed by atoms with Crippen LogP contribution in [0.15, 0.2) is 42.6 Å². The number of hydrogen-bond donors (Lipinski definition) is 2. The fraction of sp³-hybridized carbons (Fsp3) is 0.387. The number of halogens is 2. The van der Waals surface area contributed by atoms with Crippen molar-refractivity contribution < 1.29 is 13.5 Å². The van der Waals surface area contributed by atoms with Gasteiger partial charge in [0.1, 0.15) is 23.2 Å². The van der Waals surface area contributed by atoms with Gasteiger partial charge in [0.25, 0.3) is 0 Å². The predicted molar refractivity (Wildman–Crippen MR) is 153 cm³/mol. The zero-order valence-electron chi connectivity index (χ0n) is 22.4. The number of terminal acetylenes is 1. The molecule has 7 nitrogen and oxygen atoms in total. The summed E-state index contributed by atoms with van der Waals surface area (Å²) in [5.74, 6) is 2.62. The van der Waals surface area contributed by atoms with Crippen molar-refractivity contribution in [2.45, 2.75) is 56.4 Å². The van der Waals surface area contributed by atoms with Gasteiger partial charge in [0.2, 0.25) is 0 Å². The standard InChI is InChI=1S/C24H20FN5O.C7H12FN/c1-3-13-6-4-7-14-8-5-9-17(19(13)14)21-20(25)22-18(12-27-21)23(30-24(29-22)31-2)28-16-10-15(26)11-16;8-6-4-7-2-1-3-9(7)5-6/h1,4-9,12,15-16H,10-11,26H2,2H3,(H,28,29,30);6-7H,1-5H2. The average Bonchev–Trinajstić information content (AvgIpc) is 3.53. The van der Waals surface area contributed by atoms with Crippen molar-refractivity contribution in [3.05, 3.63) is 54.0 Å². The minimum atomic E-state index is -0.550. The summed E-state index contributed by atoms with van der Waals surface area (Å²) < 4.78 is 33.6. The Morgan fingerprint density at radius 3 is 2.67 bits per heavy atom. The van der Waals surface area contributed by atoms with Gasteiger partial charge in [0.15, 0.2) is 5.82 Å². The van der Waals surface area contributed by atoms with Crippen LogP contribution in [-0.2, 0) is 0 Å². The van der Waals surface area contributed by atoms with Crippen LogP contribution in [0.5, 0.6) is 6.01 Å². The van der Waals surface area contributed by atoms with E-state index in [1.165, 1.54) is 20.0 Å². The second-order valence-corrected chi connectivity index (χ2v) is 10.8. The van der Waals surface area contributed by atoms with E-state index < -0.39 is 12.0 Å². The molecular weight excluding hydrogens is 510 g/mol. The Labute approximate surface area is 232 Å². The van der Waals surface area contributed by atoms with Crippen LogP contribution >= 0.6 is 0 Å². The van der Waals surface area contributed by atoms with E-state index in [1.807, 2.05) is 36.4 Å². The first kappa shape index (κ1) is 26.4. The van der Waals surface area contributed by atoms with Gasteiger partial charge in [0.05, 0.1) is 12.5 Å².